The van der Waals surface area contributed by atoms with Crippen molar-refractivity contribution in [2.45, 2.75) is 45.4 Å². The number of hydrogen-bond donors (Lipinski definition) is 1. The maximum Gasteiger partial charge on any atom is 0.253 e. The van der Waals surface area contributed by atoms with Gasteiger partial charge in [0.2, 0.25) is 5.91 Å². The van der Waals surface area contributed by atoms with E-state index in [1.54, 1.807) is 24.3 Å². The van der Waals surface area contributed by atoms with E-state index in [9.17, 15) is 9.59 Å². The number of likely N-dealkylation sites (tertiary alicyclic amines) is 1. The summed E-state index contributed by atoms with van der Waals surface area (Å²) in [6.07, 6.45) is 5.98. The number of carbonyl (C=O) groups is 2. The fourth-order valence-electron chi connectivity index (χ4n) is 3.39. The summed E-state index contributed by atoms with van der Waals surface area (Å²) in [6.45, 7) is 3.87. The molecule has 2 amide bonds. The van der Waals surface area contributed by atoms with Crippen LogP contribution in [0.5, 0.6) is 0 Å². The van der Waals surface area contributed by atoms with Crippen LogP contribution in [-0.4, -0.2) is 29.8 Å². The Bertz CT molecular complexity index is 760. The summed E-state index contributed by atoms with van der Waals surface area (Å²) in [5, 5.41) is 2.91. The van der Waals surface area contributed by atoms with Crippen LogP contribution in [0.25, 0.3) is 0 Å². The van der Waals surface area contributed by atoms with Gasteiger partial charge in [-0.1, -0.05) is 37.6 Å². The van der Waals surface area contributed by atoms with Crippen molar-refractivity contribution in [3.05, 3.63) is 65.2 Å². The highest BCUT2D eigenvalue weighted by Gasteiger charge is 2.19. The number of benzene rings is 2. The van der Waals surface area contributed by atoms with Crippen molar-refractivity contribution in [2.75, 3.05) is 18.4 Å². The van der Waals surface area contributed by atoms with Crippen molar-refractivity contribution in [1.82, 2.24) is 4.90 Å². The molecular weight excluding hydrogens is 336 g/mol. The van der Waals surface area contributed by atoms with E-state index < -0.39 is 0 Å². The molecule has 1 aliphatic heterocycles. The zero-order valence-electron chi connectivity index (χ0n) is 16.0. The minimum Gasteiger partial charge on any atom is -0.339 e. The first-order valence-corrected chi connectivity index (χ1v) is 9.92. The van der Waals surface area contributed by atoms with Gasteiger partial charge < -0.3 is 10.2 Å². The number of rotatable bonds is 7. The Labute approximate surface area is 161 Å². The Morgan fingerprint density at radius 2 is 1.56 bits per heavy atom. The van der Waals surface area contributed by atoms with E-state index in [0.29, 0.717) is 12.0 Å². The Kier molecular flexibility index (Phi) is 6.64. The molecular formula is C23H28N2O2. The molecule has 4 heteroatoms. The first kappa shape index (κ1) is 19.2. The summed E-state index contributed by atoms with van der Waals surface area (Å²) >= 11 is 0. The molecule has 142 valence electrons. The number of hydrogen-bond acceptors (Lipinski definition) is 2. The summed E-state index contributed by atoms with van der Waals surface area (Å²) in [4.78, 5) is 26.5. The van der Waals surface area contributed by atoms with Crippen LogP contribution in [0, 0.1) is 0 Å². The van der Waals surface area contributed by atoms with Crippen LogP contribution < -0.4 is 5.32 Å². The number of unbranched alkanes of at least 4 members (excludes halogenated alkanes) is 1. The molecule has 3 rings (SSSR count). The number of anilines is 1. The first-order valence-electron chi connectivity index (χ1n) is 9.92. The molecule has 0 atom stereocenters. The van der Waals surface area contributed by atoms with Crippen LogP contribution in [0.1, 0.15) is 54.1 Å². The maximum atomic E-state index is 12.4. The molecule has 27 heavy (non-hydrogen) atoms. The highest BCUT2D eigenvalue weighted by atomic mass is 16.2. The van der Waals surface area contributed by atoms with Crippen molar-refractivity contribution < 1.29 is 9.59 Å². The van der Waals surface area contributed by atoms with Gasteiger partial charge in [-0.25, -0.2) is 0 Å². The first-order chi connectivity index (χ1) is 13.2. The molecule has 2 aromatic carbocycles. The van der Waals surface area contributed by atoms with E-state index >= 15 is 0 Å². The summed E-state index contributed by atoms with van der Waals surface area (Å²) in [7, 11) is 0. The van der Waals surface area contributed by atoms with Crippen LogP contribution in [0.2, 0.25) is 0 Å². The molecule has 0 saturated carbocycles. The average molecular weight is 364 g/mol. The van der Waals surface area contributed by atoms with E-state index in [2.05, 4.69) is 24.4 Å². The van der Waals surface area contributed by atoms with Crippen molar-refractivity contribution >= 4 is 17.5 Å². The van der Waals surface area contributed by atoms with Gasteiger partial charge in [0, 0.05) is 24.3 Å². The fraction of sp³-hybridized carbons (Fsp3) is 0.391. The second kappa shape index (κ2) is 9.36. The SMILES string of the molecule is CCCCc1ccc(CC(=O)Nc2ccc(C(=O)N3CCCC3)cc2)cc1. The molecule has 2 aromatic rings. The third kappa shape index (κ3) is 5.43. The van der Waals surface area contributed by atoms with E-state index in [4.69, 9.17) is 0 Å². The minimum absolute atomic E-state index is 0.0464. The number of amides is 2. The largest absolute Gasteiger partial charge is 0.339 e. The summed E-state index contributed by atoms with van der Waals surface area (Å²) in [5.41, 5.74) is 3.72. The molecule has 1 N–H and O–H groups in total. The lowest BCUT2D eigenvalue weighted by Crippen LogP contribution is -2.27. The van der Waals surface area contributed by atoms with Gasteiger partial charge >= 0.3 is 0 Å². The van der Waals surface area contributed by atoms with E-state index in [0.717, 1.165) is 43.6 Å². The number of nitrogens with zero attached hydrogens (tertiary/aromatic N) is 1. The van der Waals surface area contributed by atoms with Gasteiger partial charge in [-0.15, -0.1) is 0 Å². The standard InChI is InChI=1S/C23H28N2O2/c1-2-3-6-18-7-9-19(10-8-18)17-22(26)24-21-13-11-20(12-14-21)23(27)25-15-4-5-16-25/h7-14H,2-6,15-17H2,1H3,(H,24,26). The lowest BCUT2D eigenvalue weighted by molar-refractivity contribution is -0.115. The predicted octanol–water partition coefficient (Wildman–Crippen LogP) is 4.45. The number of carbonyl (C=O) groups excluding carboxylic acids is 2. The van der Waals surface area contributed by atoms with Gasteiger partial charge in [0.15, 0.2) is 0 Å². The van der Waals surface area contributed by atoms with Gasteiger partial charge in [0.1, 0.15) is 0 Å². The monoisotopic (exact) mass is 364 g/mol. The van der Waals surface area contributed by atoms with Crippen molar-refractivity contribution in [3.8, 4) is 0 Å². The molecule has 0 aromatic heterocycles. The zero-order chi connectivity index (χ0) is 19.1. The normalized spacial score (nSPS) is 13.6. The highest BCUT2D eigenvalue weighted by molar-refractivity contribution is 5.96. The smallest absolute Gasteiger partial charge is 0.253 e. The summed E-state index contributed by atoms with van der Waals surface area (Å²) in [5.74, 6) is 0.0310. The predicted molar refractivity (Wildman–Crippen MR) is 109 cm³/mol. The molecule has 0 aliphatic carbocycles. The molecule has 1 heterocycles. The fourth-order valence-corrected chi connectivity index (χ4v) is 3.39. The van der Waals surface area contributed by atoms with Crippen LogP contribution in [0.15, 0.2) is 48.5 Å². The number of aryl methyl sites for hydroxylation is 1. The lowest BCUT2D eigenvalue weighted by Gasteiger charge is -2.15. The van der Waals surface area contributed by atoms with Crippen LogP contribution >= 0.6 is 0 Å². The second-order valence-electron chi connectivity index (χ2n) is 7.22. The van der Waals surface area contributed by atoms with E-state index in [-0.39, 0.29) is 11.8 Å². The zero-order valence-corrected chi connectivity index (χ0v) is 16.0. The van der Waals surface area contributed by atoms with Crippen molar-refractivity contribution in [3.63, 3.8) is 0 Å². The van der Waals surface area contributed by atoms with Crippen LogP contribution in [-0.2, 0) is 17.6 Å². The van der Waals surface area contributed by atoms with Gasteiger partial charge in [-0.2, -0.15) is 0 Å². The number of nitrogens with one attached hydrogen (secondary N) is 1. The third-order valence-electron chi connectivity index (χ3n) is 5.02. The van der Waals surface area contributed by atoms with Crippen LogP contribution in [0.4, 0.5) is 5.69 Å². The lowest BCUT2D eigenvalue weighted by atomic mass is 10.0. The van der Waals surface area contributed by atoms with Crippen LogP contribution in [0.3, 0.4) is 0 Å². The quantitative estimate of drug-likeness (QED) is 0.789. The highest BCUT2D eigenvalue weighted by Crippen LogP contribution is 2.16. The summed E-state index contributed by atoms with van der Waals surface area (Å²) in [6, 6.07) is 15.5. The molecule has 0 radical (unpaired) electrons. The van der Waals surface area contributed by atoms with Gasteiger partial charge in [-0.3, -0.25) is 9.59 Å². The van der Waals surface area contributed by atoms with E-state index in [1.165, 1.54) is 18.4 Å². The average Bonchev–Trinajstić information content (AvgIpc) is 3.22. The Morgan fingerprint density at radius 3 is 2.19 bits per heavy atom. The van der Waals surface area contributed by atoms with E-state index in [1.807, 2.05) is 17.0 Å². The molecule has 0 bridgehead atoms. The Balaban J connectivity index is 1.52. The molecule has 0 spiro atoms. The second-order valence-corrected chi connectivity index (χ2v) is 7.22. The third-order valence-corrected chi connectivity index (χ3v) is 5.02. The maximum absolute atomic E-state index is 12.4. The van der Waals surface area contributed by atoms with Crippen molar-refractivity contribution in [2.24, 2.45) is 0 Å². The molecule has 1 fully saturated rings. The molecule has 4 nitrogen and oxygen atoms in total. The summed E-state index contributed by atoms with van der Waals surface area (Å²) < 4.78 is 0. The molecule has 1 saturated heterocycles. The Hall–Kier alpha value is -2.62. The molecule has 0 unspecified atom stereocenters. The molecule has 1 aliphatic rings. The van der Waals surface area contributed by atoms with Crippen molar-refractivity contribution in [1.29, 1.82) is 0 Å². The van der Waals surface area contributed by atoms with Gasteiger partial charge in [0.05, 0.1) is 6.42 Å². The van der Waals surface area contributed by atoms with Gasteiger partial charge in [0.25, 0.3) is 5.91 Å². The Morgan fingerprint density at radius 1 is 0.926 bits per heavy atom. The van der Waals surface area contributed by atoms with Gasteiger partial charge in [-0.05, 0) is 61.1 Å². The minimum atomic E-state index is -0.0464. The topological polar surface area (TPSA) is 49.4 Å².